The first-order valence-electron chi connectivity index (χ1n) is 8.28. The zero-order valence-electron chi connectivity index (χ0n) is 13.3. The molecule has 0 N–H and O–H groups in total. The molecule has 0 unspecified atom stereocenters. The van der Waals surface area contributed by atoms with Gasteiger partial charge in [-0.15, -0.1) is 0 Å². The molecule has 2 atom stereocenters. The van der Waals surface area contributed by atoms with Crippen molar-refractivity contribution in [3.63, 3.8) is 0 Å². The van der Waals surface area contributed by atoms with E-state index in [1.807, 2.05) is 6.07 Å². The molecule has 5 rings (SSSR count). The number of hydrogen-bond donors (Lipinski definition) is 0. The molecule has 124 valence electrons. The van der Waals surface area contributed by atoms with Crippen molar-refractivity contribution in [2.24, 2.45) is 0 Å². The lowest BCUT2D eigenvalue weighted by Crippen LogP contribution is -2.37. The summed E-state index contributed by atoms with van der Waals surface area (Å²) in [7, 11) is 0. The monoisotopic (exact) mass is 455 g/mol. The third-order valence-electron chi connectivity index (χ3n) is 4.98. The van der Waals surface area contributed by atoms with Gasteiger partial charge in [-0.2, -0.15) is 0 Å². The number of rotatable bonds is 1. The first-order chi connectivity index (χ1) is 12.2. The van der Waals surface area contributed by atoms with Crippen molar-refractivity contribution in [1.82, 2.24) is 0 Å². The van der Waals surface area contributed by atoms with Gasteiger partial charge in [0.1, 0.15) is 5.75 Å². The SMILES string of the molecule is Brc1ccc2c(c1)C[C@@H]1c3ccc(Br)cc3O[C@@H](c3ccccc3)N21. The van der Waals surface area contributed by atoms with Crippen molar-refractivity contribution >= 4 is 37.5 Å². The Morgan fingerprint density at radius 1 is 0.880 bits per heavy atom. The van der Waals surface area contributed by atoms with Crippen LogP contribution in [0.3, 0.4) is 0 Å². The third kappa shape index (κ3) is 2.51. The van der Waals surface area contributed by atoms with Crippen LogP contribution in [-0.4, -0.2) is 0 Å². The summed E-state index contributed by atoms with van der Waals surface area (Å²) in [5.41, 5.74) is 5.05. The molecule has 0 spiro atoms. The molecule has 4 heteroatoms. The van der Waals surface area contributed by atoms with Crippen molar-refractivity contribution in [2.45, 2.75) is 18.7 Å². The van der Waals surface area contributed by atoms with Gasteiger partial charge in [0, 0.05) is 25.8 Å². The molecule has 0 saturated carbocycles. The highest BCUT2D eigenvalue weighted by Gasteiger charge is 2.42. The number of ether oxygens (including phenoxy) is 1. The van der Waals surface area contributed by atoms with Gasteiger partial charge in [0.25, 0.3) is 0 Å². The summed E-state index contributed by atoms with van der Waals surface area (Å²) in [5.74, 6) is 0.969. The first kappa shape index (κ1) is 15.5. The predicted molar refractivity (Wildman–Crippen MR) is 107 cm³/mol. The average molecular weight is 457 g/mol. The largest absolute Gasteiger partial charge is 0.466 e. The van der Waals surface area contributed by atoms with Crippen LogP contribution in [-0.2, 0) is 6.42 Å². The normalized spacial score (nSPS) is 20.5. The van der Waals surface area contributed by atoms with E-state index in [4.69, 9.17) is 4.74 Å². The molecule has 2 heterocycles. The van der Waals surface area contributed by atoms with Gasteiger partial charge in [0.2, 0.25) is 0 Å². The van der Waals surface area contributed by atoms with Gasteiger partial charge in [0.05, 0.1) is 6.04 Å². The van der Waals surface area contributed by atoms with Crippen molar-refractivity contribution in [3.8, 4) is 5.75 Å². The molecule has 0 bridgehead atoms. The minimum Gasteiger partial charge on any atom is -0.466 e. The van der Waals surface area contributed by atoms with E-state index in [0.29, 0.717) is 6.04 Å². The lowest BCUT2D eigenvalue weighted by atomic mass is 9.99. The minimum atomic E-state index is -0.115. The molecule has 3 aromatic rings. The summed E-state index contributed by atoms with van der Waals surface area (Å²) in [6.45, 7) is 0. The van der Waals surface area contributed by atoms with Gasteiger partial charge in [-0.05, 0) is 42.3 Å². The highest BCUT2D eigenvalue weighted by molar-refractivity contribution is 9.10. The predicted octanol–water partition coefficient (Wildman–Crippen LogP) is 6.41. The van der Waals surface area contributed by atoms with Gasteiger partial charge in [0.15, 0.2) is 6.23 Å². The van der Waals surface area contributed by atoms with Gasteiger partial charge >= 0.3 is 0 Å². The number of fused-ring (bicyclic) bond motifs is 5. The lowest BCUT2D eigenvalue weighted by Gasteiger charge is -2.41. The van der Waals surface area contributed by atoms with Crippen LogP contribution in [0.2, 0.25) is 0 Å². The molecule has 0 amide bonds. The maximum absolute atomic E-state index is 6.48. The van der Waals surface area contributed by atoms with E-state index >= 15 is 0 Å². The summed E-state index contributed by atoms with van der Waals surface area (Å²) in [6, 6.07) is 23.7. The van der Waals surface area contributed by atoms with E-state index in [1.165, 1.54) is 22.4 Å². The fraction of sp³-hybridized carbons (Fsp3) is 0.143. The van der Waals surface area contributed by atoms with Gasteiger partial charge in [-0.1, -0.05) is 68.3 Å². The highest BCUT2D eigenvalue weighted by atomic mass is 79.9. The number of halogens is 2. The van der Waals surface area contributed by atoms with Crippen molar-refractivity contribution in [3.05, 3.63) is 92.4 Å². The van der Waals surface area contributed by atoms with Crippen molar-refractivity contribution < 1.29 is 4.74 Å². The van der Waals surface area contributed by atoms with E-state index in [9.17, 15) is 0 Å². The zero-order valence-corrected chi connectivity index (χ0v) is 16.5. The van der Waals surface area contributed by atoms with E-state index < -0.39 is 0 Å². The second kappa shape index (κ2) is 5.89. The summed E-state index contributed by atoms with van der Waals surface area (Å²) >= 11 is 7.19. The molecule has 2 nitrogen and oxygen atoms in total. The Kier molecular flexibility index (Phi) is 3.64. The average Bonchev–Trinajstić information content (AvgIpc) is 3.00. The maximum atomic E-state index is 6.48. The van der Waals surface area contributed by atoms with E-state index in [0.717, 1.165) is 21.1 Å². The van der Waals surface area contributed by atoms with Crippen LogP contribution in [0.15, 0.2) is 75.7 Å². The molecule has 0 fully saturated rings. The number of benzene rings is 3. The summed E-state index contributed by atoms with van der Waals surface area (Å²) in [6.07, 6.45) is 0.881. The van der Waals surface area contributed by atoms with Crippen molar-refractivity contribution in [1.29, 1.82) is 0 Å². The smallest absolute Gasteiger partial charge is 0.199 e. The summed E-state index contributed by atoms with van der Waals surface area (Å²) in [4.78, 5) is 2.42. The molecule has 2 aliphatic heterocycles. The fourth-order valence-electron chi connectivity index (χ4n) is 3.90. The van der Waals surface area contributed by atoms with Crippen molar-refractivity contribution in [2.75, 3.05) is 4.90 Å². The quantitative estimate of drug-likeness (QED) is 0.419. The summed E-state index contributed by atoms with van der Waals surface area (Å²) in [5, 5.41) is 0. The Morgan fingerprint density at radius 2 is 1.64 bits per heavy atom. The number of anilines is 1. The Hall–Kier alpha value is -1.78. The maximum Gasteiger partial charge on any atom is 0.199 e. The van der Waals surface area contributed by atoms with Crippen LogP contribution in [0.1, 0.15) is 29.0 Å². The van der Waals surface area contributed by atoms with E-state index in [-0.39, 0.29) is 6.23 Å². The minimum absolute atomic E-state index is 0.115. The molecular formula is C21H15Br2NO. The zero-order chi connectivity index (χ0) is 17.0. The second-order valence-corrected chi connectivity index (χ2v) is 8.29. The molecule has 0 saturated heterocycles. The molecule has 0 radical (unpaired) electrons. The van der Waals surface area contributed by atoms with Crippen LogP contribution >= 0.6 is 31.9 Å². The molecule has 2 aliphatic rings. The number of hydrogen-bond acceptors (Lipinski definition) is 2. The Morgan fingerprint density at radius 3 is 2.48 bits per heavy atom. The van der Waals surface area contributed by atoms with Crippen LogP contribution in [0, 0.1) is 0 Å². The van der Waals surface area contributed by atoms with Crippen LogP contribution in [0.4, 0.5) is 5.69 Å². The Balaban J connectivity index is 1.70. The Labute approximate surface area is 163 Å². The van der Waals surface area contributed by atoms with Gasteiger partial charge < -0.3 is 9.64 Å². The van der Waals surface area contributed by atoms with Gasteiger partial charge in [-0.25, -0.2) is 0 Å². The van der Waals surface area contributed by atoms with Crippen LogP contribution < -0.4 is 9.64 Å². The summed E-state index contributed by atoms with van der Waals surface area (Å²) < 4.78 is 8.65. The van der Waals surface area contributed by atoms with Gasteiger partial charge in [-0.3, -0.25) is 0 Å². The van der Waals surface area contributed by atoms with Crippen LogP contribution in [0.5, 0.6) is 5.75 Å². The molecule has 3 aromatic carbocycles. The fourth-order valence-corrected chi connectivity index (χ4v) is 4.65. The first-order valence-corrected chi connectivity index (χ1v) is 9.87. The number of nitrogens with zero attached hydrogens (tertiary/aromatic N) is 1. The second-order valence-electron chi connectivity index (χ2n) is 6.46. The molecule has 0 aliphatic carbocycles. The molecular weight excluding hydrogens is 442 g/mol. The highest BCUT2D eigenvalue weighted by Crippen LogP contribution is 2.52. The Bertz CT molecular complexity index is 957. The lowest BCUT2D eigenvalue weighted by molar-refractivity contribution is 0.167. The van der Waals surface area contributed by atoms with E-state index in [2.05, 4.69) is 97.4 Å². The topological polar surface area (TPSA) is 12.5 Å². The molecule has 0 aromatic heterocycles. The van der Waals surface area contributed by atoms with E-state index in [1.54, 1.807) is 0 Å². The third-order valence-corrected chi connectivity index (χ3v) is 5.97. The van der Waals surface area contributed by atoms with Crippen LogP contribution in [0.25, 0.3) is 0 Å². The standard InChI is InChI=1S/C21H15Br2NO/c22-15-7-9-18-14(10-15)11-19-17-8-6-16(23)12-20(17)25-21(24(18)19)13-4-2-1-3-5-13/h1-10,12,19,21H,11H2/t19-,21+/m1/s1. The molecule has 25 heavy (non-hydrogen) atoms.